The Morgan fingerprint density at radius 2 is 2.05 bits per heavy atom. The lowest BCUT2D eigenvalue weighted by Crippen LogP contribution is -2.29. The molecule has 1 N–H and O–H groups in total. The summed E-state index contributed by atoms with van der Waals surface area (Å²) in [5, 5.41) is 3.56. The number of hydrogen-bond acceptors (Lipinski definition) is 2. The minimum Gasteiger partial charge on any atom is -0.361 e. The van der Waals surface area contributed by atoms with E-state index >= 15 is 0 Å². The van der Waals surface area contributed by atoms with Crippen molar-refractivity contribution < 1.29 is 0 Å². The number of benzene rings is 1. The first-order chi connectivity index (χ1) is 10.3. The summed E-state index contributed by atoms with van der Waals surface area (Å²) in [5.74, 6) is 0.702. The number of likely N-dealkylation sites (tertiary alicyclic amines) is 1. The zero-order valence-corrected chi connectivity index (χ0v) is 13.1. The molecule has 1 aromatic carbocycles. The fourth-order valence-corrected chi connectivity index (χ4v) is 4.12. The van der Waals surface area contributed by atoms with Crippen LogP contribution < -0.4 is 0 Å². The molecule has 1 aliphatic rings. The lowest BCUT2D eigenvalue weighted by atomic mass is 9.89. The maximum absolute atomic E-state index is 3.46. The van der Waals surface area contributed by atoms with Crippen LogP contribution in [0.4, 0.5) is 0 Å². The number of piperidine rings is 1. The highest BCUT2D eigenvalue weighted by Gasteiger charge is 2.21. The third-order valence-corrected chi connectivity index (χ3v) is 5.60. The molecule has 21 heavy (non-hydrogen) atoms. The predicted molar refractivity (Wildman–Crippen MR) is 91.1 cm³/mol. The SMILES string of the molecule is CN1CCC(c2c[nH]c3ccc(-c4cccs4)cc23)CC1. The quantitative estimate of drug-likeness (QED) is 0.726. The molecule has 4 rings (SSSR count). The molecule has 3 heterocycles. The molecule has 2 aromatic heterocycles. The second-order valence-electron chi connectivity index (χ2n) is 6.06. The number of hydrogen-bond donors (Lipinski definition) is 1. The van der Waals surface area contributed by atoms with Gasteiger partial charge in [0.05, 0.1) is 0 Å². The molecule has 2 nitrogen and oxygen atoms in total. The molecule has 1 aliphatic heterocycles. The Hall–Kier alpha value is -1.58. The summed E-state index contributed by atoms with van der Waals surface area (Å²) in [5.41, 5.74) is 4.12. The Balaban J connectivity index is 1.74. The van der Waals surface area contributed by atoms with Crippen LogP contribution in [0, 0.1) is 0 Å². The number of rotatable bonds is 2. The molecule has 3 aromatic rings. The van der Waals surface area contributed by atoms with E-state index in [2.05, 4.69) is 58.8 Å². The first-order valence-corrected chi connectivity index (χ1v) is 8.53. The second-order valence-corrected chi connectivity index (χ2v) is 7.01. The van der Waals surface area contributed by atoms with Gasteiger partial charge in [0.15, 0.2) is 0 Å². The predicted octanol–water partition coefficient (Wildman–Crippen LogP) is 4.71. The van der Waals surface area contributed by atoms with Crippen LogP contribution >= 0.6 is 11.3 Å². The monoisotopic (exact) mass is 296 g/mol. The molecule has 0 saturated carbocycles. The van der Waals surface area contributed by atoms with E-state index in [0.29, 0.717) is 5.92 Å². The van der Waals surface area contributed by atoms with Crippen LogP contribution in [-0.2, 0) is 0 Å². The van der Waals surface area contributed by atoms with Gasteiger partial charge in [0.25, 0.3) is 0 Å². The van der Waals surface area contributed by atoms with Crippen LogP contribution in [0.1, 0.15) is 24.3 Å². The van der Waals surface area contributed by atoms with E-state index in [1.165, 1.54) is 52.8 Å². The van der Waals surface area contributed by atoms with Crippen LogP contribution in [-0.4, -0.2) is 30.0 Å². The molecule has 0 amide bonds. The van der Waals surface area contributed by atoms with Crippen molar-refractivity contribution in [1.29, 1.82) is 0 Å². The van der Waals surface area contributed by atoms with Crippen LogP contribution in [0.15, 0.2) is 41.9 Å². The number of nitrogens with zero attached hydrogens (tertiary/aromatic N) is 1. The van der Waals surface area contributed by atoms with Crippen LogP contribution in [0.5, 0.6) is 0 Å². The van der Waals surface area contributed by atoms with Gasteiger partial charge in [-0.3, -0.25) is 0 Å². The molecule has 0 aliphatic carbocycles. The van der Waals surface area contributed by atoms with Gasteiger partial charge < -0.3 is 9.88 Å². The highest BCUT2D eigenvalue weighted by atomic mass is 32.1. The Kier molecular flexibility index (Phi) is 3.32. The Morgan fingerprint density at radius 3 is 2.81 bits per heavy atom. The van der Waals surface area contributed by atoms with Crippen LogP contribution in [0.3, 0.4) is 0 Å². The normalized spacial score (nSPS) is 17.6. The highest BCUT2D eigenvalue weighted by molar-refractivity contribution is 7.13. The Morgan fingerprint density at radius 1 is 1.19 bits per heavy atom. The number of thiophene rings is 1. The molecular weight excluding hydrogens is 276 g/mol. The van der Waals surface area contributed by atoms with Crippen molar-refractivity contribution in [1.82, 2.24) is 9.88 Å². The number of aromatic amines is 1. The highest BCUT2D eigenvalue weighted by Crippen LogP contribution is 2.35. The summed E-state index contributed by atoms with van der Waals surface area (Å²) in [4.78, 5) is 7.25. The third kappa shape index (κ3) is 2.41. The van der Waals surface area contributed by atoms with Gasteiger partial charge in [0, 0.05) is 22.0 Å². The maximum atomic E-state index is 3.46. The second kappa shape index (κ2) is 5.32. The summed E-state index contributed by atoms with van der Waals surface area (Å²) in [6.07, 6.45) is 4.78. The first-order valence-electron chi connectivity index (χ1n) is 7.65. The minimum atomic E-state index is 0.702. The minimum absolute atomic E-state index is 0.702. The van der Waals surface area contributed by atoms with E-state index in [4.69, 9.17) is 0 Å². The number of fused-ring (bicyclic) bond motifs is 1. The molecule has 108 valence electrons. The van der Waals surface area contributed by atoms with Crippen LogP contribution in [0.25, 0.3) is 21.3 Å². The average Bonchev–Trinajstić information content (AvgIpc) is 3.17. The molecule has 0 bridgehead atoms. The van der Waals surface area contributed by atoms with Crippen molar-refractivity contribution in [2.75, 3.05) is 20.1 Å². The van der Waals surface area contributed by atoms with Gasteiger partial charge in [-0.1, -0.05) is 12.1 Å². The third-order valence-electron chi connectivity index (χ3n) is 4.68. The average molecular weight is 296 g/mol. The van der Waals surface area contributed by atoms with Gasteiger partial charge >= 0.3 is 0 Å². The van der Waals surface area contributed by atoms with Crippen LogP contribution in [0.2, 0.25) is 0 Å². The first kappa shape index (κ1) is 13.1. The maximum Gasteiger partial charge on any atom is 0.0457 e. The molecule has 3 heteroatoms. The molecule has 0 unspecified atom stereocenters. The topological polar surface area (TPSA) is 19.0 Å². The zero-order chi connectivity index (χ0) is 14.2. The van der Waals surface area contributed by atoms with Crippen molar-refractivity contribution >= 4 is 22.2 Å². The summed E-state index contributed by atoms with van der Waals surface area (Å²) in [6, 6.07) is 11.1. The van der Waals surface area contributed by atoms with Crippen molar-refractivity contribution in [3.8, 4) is 10.4 Å². The fraction of sp³-hybridized carbons (Fsp3) is 0.333. The van der Waals surface area contributed by atoms with E-state index < -0.39 is 0 Å². The molecule has 1 saturated heterocycles. The number of aromatic nitrogens is 1. The van der Waals surface area contributed by atoms with Crippen molar-refractivity contribution in [3.05, 3.63) is 47.5 Å². The summed E-state index contributed by atoms with van der Waals surface area (Å²) >= 11 is 1.81. The van der Waals surface area contributed by atoms with Gasteiger partial charge in [0.1, 0.15) is 0 Å². The van der Waals surface area contributed by atoms with Crippen molar-refractivity contribution in [3.63, 3.8) is 0 Å². The molecular formula is C18H20N2S. The van der Waals surface area contributed by atoms with E-state index in [9.17, 15) is 0 Å². The van der Waals surface area contributed by atoms with Gasteiger partial charge in [-0.05, 0) is 73.6 Å². The van der Waals surface area contributed by atoms with E-state index in [1.54, 1.807) is 0 Å². The standard InChI is InChI=1S/C18H20N2S/c1-20-8-6-13(7-9-20)16-12-19-17-5-4-14(11-15(16)17)18-3-2-10-21-18/h2-5,10-13,19H,6-9H2,1H3. The van der Waals surface area contributed by atoms with Crippen molar-refractivity contribution in [2.45, 2.75) is 18.8 Å². The number of nitrogens with one attached hydrogen (secondary N) is 1. The summed E-state index contributed by atoms with van der Waals surface area (Å²) in [6.45, 7) is 2.42. The van der Waals surface area contributed by atoms with Gasteiger partial charge in [-0.25, -0.2) is 0 Å². The molecule has 1 fully saturated rings. The molecule has 0 spiro atoms. The number of H-pyrrole nitrogens is 1. The van der Waals surface area contributed by atoms with Gasteiger partial charge in [0.2, 0.25) is 0 Å². The Bertz CT molecular complexity index is 734. The molecule has 0 radical (unpaired) electrons. The van der Waals surface area contributed by atoms with E-state index in [0.717, 1.165) is 0 Å². The van der Waals surface area contributed by atoms with Crippen molar-refractivity contribution in [2.24, 2.45) is 0 Å². The van der Waals surface area contributed by atoms with E-state index in [-0.39, 0.29) is 0 Å². The van der Waals surface area contributed by atoms with Gasteiger partial charge in [-0.2, -0.15) is 0 Å². The van der Waals surface area contributed by atoms with E-state index in [1.807, 2.05) is 11.3 Å². The largest absolute Gasteiger partial charge is 0.361 e. The smallest absolute Gasteiger partial charge is 0.0457 e. The Labute approximate surface area is 129 Å². The lowest BCUT2D eigenvalue weighted by molar-refractivity contribution is 0.256. The summed E-state index contributed by atoms with van der Waals surface area (Å²) in [7, 11) is 2.22. The molecule has 0 atom stereocenters. The van der Waals surface area contributed by atoms with Gasteiger partial charge in [-0.15, -0.1) is 11.3 Å². The fourth-order valence-electron chi connectivity index (χ4n) is 3.40. The summed E-state index contributed by atoms with van der Waals surface area (Å²) < 4.78 is 0. The zero-order valence-electron chi connectivity index (χ0n) is 12.3. The lowest BCUT2D eigenvalue weighted by Gasteiger charge is -2.28.